The van der Waals surface area contributed by atoms with Crippen molar-refractivity contribution in [2.45, 2.75) is 32.7 Å². The number of ether oxygens (including phenoxy) is 1. The Hall–Kier alpha value is -1.62. The third-order valence-electron chi connectivity index (χ3n) is 3.19. The van der Waals surface area contributed by atoms with Gasteiger partial charge in [0.2, 0.25) is 0 Å². The minimum atomic E-state index is -0.378. The first-order valence-corrected chi connectivity index (χ1v) is 6.19. The van der Waals surface area contributed by atoms with Crippen molar-refractivity contribution in [3.8, 4) is 5.75 Å². The van der Waals surface area contributed by atoms with Crippen molar-refractivity contribution in [3.63, 3.8) is 0 Å². The van der Waals surface area contributed by atoms with Gasteiger partial charge in [0.15, 0.2) is 5.75 Å². The van der Waals surface area contributed by atoms with E-state index < -0.39 is 0 Å². The van der Waals surface area contributed by atoms with Crippen molar-refractivity contribution in [2.75, 3.05) is 13.2 Å². The monoisotopic (exact) mass is 250 g/mol. The van der Waals surface area contributed by atoms with E-state index in [9.17, 15) is 10.1 Å². The first kappa shape index (κ1) is 12.8. The Labute approximate surface area is 106 Å². The summed E-state index contributed by atoms with van der Waals surface area (Å²) in [7, 11) is 0. The lowest BCUT2D eigenvalue weighted by atomic mass is 10.1. The third kappa shape index (κ3) is 2.79. The van der Waals surface area contributed by atoms with Gasteiger partial charge >= 0.3 is 5.69 Å². The highest BCUT2D eigenvalue weighted by Gasteiger charge is 2.21. The second-order valence-corrected chi connectivity index (χ2v) is 4.79. The normalized spacial score (nSPS) is 18.9. The third-order valence-corrected chi connectivity index (χ3v) is 3.19. The molecule has 5 nitrogen and oxygen atoms in total. The highest BCUT2D eigenvalue weighted by Crippen LogP contribution is 2.32. The van der Waals surface area contributed by atoms with Gasteiger partial charge in [0.25, 0.3) is 0 Å². The SMILES string of the molecule is Cc1cc(C)c(OCC2CCCN2)c([N+](=O)[O-])c1. The summed E-state index contributed by atoms with van der Waals surface area (Å²) in [6.07, 6.45) is 2.21. The van der Waals surface area contributed by atoms with Gasteiger partial charge in [-0.1, -0.05) is 6.07 Å². The summed E-state index contributed by atoms with van der Waals surface area (Å²) in [5, 5.41) is 14.3. The Balaban J connectivity index is 2.17. The molecule has 1 aliphatic rings. The lowest BCUT2D eigenvalue weighted by molar-refractivity contribution is -0.386. The summed E-state index contributed by atoms with van der Waals surface area (Å²) in [5.41, 5.74) is 1.76. The van der Waals surface area contributed by atoms with Gasteiger partial charge in [0, 0.05) is 12.1 Å². The number of aryl methyl sites for hydroxylation is 2. The molecule has 0 bridgehead atoms. The number of hydrogen-bond donors (Lipinski definition) is 1. The van der Waals surface area contributed by atoms with E-state index in [1.165, 1.54) is 0 Å². The molecule has 98 valence electrons. The molecule has 5 heteroatoms. The Morgan fingerprint density at radius 3 is 2.89 bits per heavy atom. The van der Waals surface area contributed by atoms with Crippen LogP contribution in [0.4, 0.5) is 5.69 Å². The molecule has 0 radical (unpaired) electrons. The van der Waals surface area contributed by atoms with E-state index in [-0.39, 0.29) is 10.6 Å². The highest BCUT2D eigenvalue weighted by molar-refractivity contribution is 5.53. The molecule has 1 fully saturated rings. The second kappa shape index (κ2) is 5.35. The van der Waals surface area contributed by atoms with E-state index >= 15 is 0 Å². The lowest BCUT2D eigenvalue weighted by Gasteiger charge is -2.14. The zero-order valence-corrected chi connectivity index (χ0v) is 10.7. The molecule has 0 amide bonds. The predicted molar refractivity (Wildman–Crippen MR) is 69.1 cm³/mol. The van der Waals surface area contributed by atoms with Crippen molar-refractivity contribution in [2.24, 2.45) is 0 Å². The molecule has 1 N–H and O–H groups in total. The Kier molecular flexibility index (Phi) is 3.81. The molecule has 0 aromatic heterocycles. The van der Waals surface area contributed by atoms with Crippen LogP contribution in [0.5, 0.6) is 5.75 Å². The van der Waals surface area contributed by atoms with Crippen molar-refractivity contribution in [3.05, 3.63) is 33.4 Å². The number of rotatable bonds is 4. The van der Waals surface area contributed by atoms with Crippen LogP contribution in [0.2, 0.25) is 0 Å². The molecule has 1 heterocycles. The van der Waals surface area contributed by atoms with Crippen LogP contribution < -0.4 is 10.1 Å². The van der Waals surface area contributed by atoms with Gasteiger partial charge in [-0.05, 0) is 44.4 Å². The smallest absolute Gasteiger partial charge is 0.311 e. The molecule has 1 aromatic carbocycles. The molecule has 1 unspecified atom stereocenters. The molecule has 0 saturated carbocycles. The first-order chi connectivity index (χ1) is 8.58. The topological polar surface area (TPSA) is 64.4 Å². The molecule has 1 aliphatic heterocycles. The summed E-state index contributed by atoms with van der Waals surface area (Å²) >= 11 is 0. The van der Waals surface area contributed by atoms with Gasteiger partial charge in [-0.3, -0.25) is 10.1 Å². The van der Waals surface area contributed by atoms with Gasteiger partial charge in [-0.2, -0.15) is 0 Å². The summed E-state index contributed by atoms with van der Waals surface area (Å²) in [6.45, 7) is 5.19. The fraction of sp³-hybridized carbons (Fsp3) is 0.538. The maximum Gasteiger partial charge on any atom is 0.311 e. The molecule has 1 atom stereocenters. The number of benzene rings is 1. The lowest BCUT2D eigenvalue weighted by Crippen LogP contribution is -2.28. The Morgan fingerprint density at radius 1 is 1.50 bits per heavy atom. The number of nitro benzene ring substituents is 1. The second-order valence-electron chi connectivity index (χ2n) is 4.79. The maximum atomic E-state index is 11.0. The molecule has 1 aromatic rings. The van der Waals surface area contributed by atoms with E-state index in [0.29, 0.717) is 18.4 Å². The Morgan fingerprint density at radius 2 is 2.28 bits per heavy atom. The fourth-order valence-corrected chi connectivity index (χ4v) is 2.34. The summed E-state index contributed by atoms with van der Waals surface area (Å²) < 4.78 is 5.66. The van der Waals surface area contributed by atoms with Crippen LogP contribution in [0.3, 0.4) is 0 Å². The molecule has 18 heavy (non-hydrogen) atoms. The van der Waals surface area contributed by atoms with Crippen molar-refractivity contribution >= 4 is 5.69 Å². The first-order valence-electron chi connectivity index (χ1n) is 6.19. The van der Waals surface area contributed by atoms with E-state index in [4.69, 9.17) is 4.74 Å². The number of hydrogen-bond acceptors (Lipinski definition) is 4. The molecular formula is C13H18N2O3. The zero-order valence-electron chi connectivity index (χ0n) is 10.7. The average molecular weight is 250 g/mol. The molecular weight excluding hydrogens is 232 g/mol. The van der Waals surface area contributed by atoms with Gasteiger partial charge in [0.1, 0.15) is 6.61 Å². The van der Waals surface area contributed by atoms with Gasteiger partial charge in [0.05, 0.1) is 4.92 Å². The standard InChI is InChI=1S/C13H18N2O3/c1-9-6-10(2)13(12(7-9)15(16)17)18-8-11-4-3-5-14-11/h6-7,11,14H,3-5,8H2,1-2H3. The highest BCUT2D eigenvalue weighted by atomic mass is 16.6. The molecule has 2 rings (SSSR count). The van der Waals surface area contributed by atoms with Crippen LogP contribution in [0.15, 0.2) is 12.1 Å². The summed E-state index contributed by atoms with van der Waals surface area (Å²) in [6, 6.07) is 3.78. The van der Waals surface area contributed by atoms with Crippen molar-refractivity contribution in [1.82, 2.24) is 5.32 Å². The predicted octanol–water partition coefficient (Wildman–Crippen LogP) is 2.34. The van der Waals surface area contributed by atoms with Crippen LogP contribution in [0.25, 0.3) is 0 Å². The quantitative estimate of drug-likeness (QED) is 0.658. The zero-order chi connectivity index (χ0) is 13.1. The summed E-state index contributed by atoms with van der Waals surface area (Å²) in [5.74, 6) is 0.402. The number of nitro groups is 1. The van der Waals surface area contributed by atoms with Gasteiger partial charge < -0.3 is 10.1 Å². The number of nitrogens with one attached hydrogen (secondary N) is 1. The maximum absolute atomic E-state index is 11.0. The van der Waals surface area contributed by atoms with Crippen molar-refractivity contribution in [1.29, 1.82) is 0 Å². The van der Waals surface area contributed by atoms with Crippen LogP contribution in [-0.2, 0) is 0 Å². The van der Waals surface area contributed by atoms with Crippen LogP contribution in [0.1, 0.15) is 24.0 Å². The number of nitrogens with zero attached hydrogens (tertiary/aromatic N) is 1. The van der Waals surface area contributed by atoms with Crippen LogP contribution in [-0.4, -0.2) is 24.1 Å². The molecule has 1 saturated heterocycles. The molecule has 0 aliphatic carbocycles. The molecule has 0 spiro atoms. The minimum Gasteiger partial charge on any atom is -0.485 e. The largest absolute Gasteiger partial charge is 0.485 e. The van der Waals surface area contributed by atoms with Crippen LogP contribution >= 0.6 is 0 Å². The van der Waals surface area contributed by atoms with Crippen molar-refractivity contribution < 1.29 is 9.66 Å². The van der Waals surface area contributed by atoms with Gasteiger partial charge in [-0.25, -0.2) is 0 Å². The fourth-order valence-electron chi connectivity index (χ4n) is 2.34. The van der Waals surface area contributed by atoms with Gasteiger partial charge in [-0.15, -0.1) is 0 Å². The van der Waals surface area contributed by atoms with Crippen LogP contribution in [0, 0.1) is 24.0 Å². The summed E-state index contributed by atoms with van der Waals surface area (Å²) in [4.78, 5) is 10.7. The van der Waals surface area contributed by atoms with E-state index in [1.807, 2.05) is 19.9 Å². The minimum absolute atomic E-state index is 0.0606. The Bertz CT molecular complexity index is 454. The van der Waals surface area contributed by atoms with E-state index in [0.717, 1.165) is 30.5 Å². The van der Waals surface area contributed by atoms with E-state index in [2.05, 4.69) is 5.32 Å². The van der Waals surface area contributed by atoms with E-state index in [1.54, 1.807) is 6.07 Å². The average Bonchev–Trinajstić information content (AvgIpc) is 2.79.